The number of aryl methyl sites for hydroxylation is 1. The number of Topliss-reactive ketones (excluding diaryl/α,β-unsaturated/α-hetero) is 2. The van der Waals surface area contributed by atoms with E-state index in [1.807, 2.05) is 66.4 Å². The Kier molecular flexibility index (Phi) is 7.45. The molecule has 0 bridgehead atoms. The Balaban J connectivity index is 1.21. The number of rotatable bonds is 6. The van der Waals surface area contributed by atoms with Crippen molar-refractivity contribution in [2.75, 3.05) is 39.3 Å². The van der Waals surface area contributed by atoms with Gasteiger partial charge in [0.1, 0.15) is 17.5 Å². The topological polar surface area (TPSA) is 70.1 Å². The van der Waals surface area contributed by atoms with Crippen LogP contribution < -0.4 is 0 Å². The van der Waals surface area contributed by atoms with Crippen LogP contribution in [0.4, 0.5) is 0 Å². The van der Waals surface area contributed by atoms with Crippen molar-refractivity contribution in [3.8, 4) is 0 Å². The summed E-state index contributed by atoms with van der Waals surface area (Å²) in [6.07, 6.45) is 2.34. The molecule has 6 nitrogen and oxygen atoms in total. The lowest BCUT2D eigenvalue weighted by molar-refractivity contribution is -0.133. The van der Waals surface area contributed by atoms with Crippen molar-refractivity contribution >= 4 is 23.7 Å². The molecular formula is C27H31N3O3. The van der Waals surface area contributed by atoms with Crippen LogP contribution in [0.25, 0.3) is 0 Å². The van der Waals surface area contributed by atoms with E-state index < -0.39 is 5.92 Å². The molecule has 1 aliphatic heterocycles. The Morgan fingerprint density at radius 1 is 0.939 bits per heavy atom. The Morgan fingerprint density at radius 2 is 1.58 bits per heavy atom. The van der Waals surface area contributed by atoms with Crippen molar-refractivity contribution in [1.82, 2.24) is 9.80 Å². The average Bonchev–Trinajstić information content (AvgIpc) is 2.84. The quantitative estimate of drug-likeness (QED) is 0.506. The molecule has 4 rings (SSSR count). The molecule has 0 unspecified atom stereocenters. The molecule has 1 aliphatic carbocycles. The van der Waals surface area contributed by atoms with Crippen LogP contribution in [-0.2, 0) is 9.59 Å². The van der Waals surface area contributed by atoms with Gasteiger partial charge in [-0.05, 0) is 30.5 Å². The number of hydrogen-bond donors (Lipinski definition) is 0. The number of nitrogens with zero attached hydrogens (tertiary/aromatic N) is 3. The van der Waals surface area contributed by atoms with Crippen LogP contribution in [0.15, 0.2) is 59.6 Å². The van der Waals surface area contributed by atoms with Crippen molar-refractivity contribution in [1.29, 1.82) is 0 Å². The van der Waals surface area contributed by atoms with Gasteiger partial charge in [0.2, 0.25) is 0 Å². The Bertz CT molecular complexity index is 991. The first kappa shape index (κ1) is 23.1. The van der Waals surface area contributed by atoms with Crippen LogP contribution in [0.3, 0.4) is 0 Å². The number of ketones is 2. The highest BCUT2D eigenvalue weighted by atomic mass is 16.2. The van der Waals surface area contributed by atoms with E-state index in [0.717, 1.165) is 30.8 Å². The van der Waals surface area contributed by atoms with Gasteiger partial charge in [0, 0.05) is 57.3 Å². The Labute approximate surface area is 195 Å². The lowest BCUT2D eigenvalue weighted by Gasteiger charge is -2.34. The molecule has 0 radical (unpaired) electrons. The number of aliphatic imine (C=N–C) groups is 1. The third-order valence-corrected chi connectivity index (χ3v) is 6.62. The maximum absolute atomic E-state index is 12.6. The maximum Gasteiger partial charge on any atom is 0.253 e. The Hall–Kier alpha value is -3.12. The number of amides is 1. The molecule has 172 valence electrons. The van der Waals surface area contributed by atoms with Crippen LogP contribution in [0, 0.1) is 12.8 Å². The van der Waals surface area contributed by atoms with E-state index in [-0.39, 0.29) is 23.4 Å². The van der Waals surface area contributed by atoms with Crippen LogP contribution in [-0.4, -0.2) is 72.8 Å². The van der Waals surface area contributed by atoms with E-state index in [4.69, 9.17) is 0 Å². The fraction of sp³-hybridized carbons (Fsp3) is 0.407. The number of carbonyl (C=O) groups excluding carboxylic acids is 3. The summed E-state index contributed by atoms with van der Waals surface area (Å²) in [4.78, 5) is 46.3. The van der Waals surface area contributed by atoms with Crippen molar-refractivity contribution in [2.24, 2.45) is 10.9 Å². The first-order valence-corrected chi connectivity index (χ1v) is 11.7. The summed E-state index contributed by atoms with van der Waals surface area (Å²) in [5, 5.41) is 0. The van der Waals surface area contributed by atoms with Crippen molar-refractivity contribution in [3.05, 3.63) is 71.3 Å². The second-order valence-corrected chi connectivity index (χ2v) is 8.98. The van der Waals surface area contributed by atoms with E-state index in [9.17, 15) is 14.4 Å². The van der Waals surface area contributed by atoms with Gasteiger partial charge in [-0.15, -0.1) is 0 Å². The van der Waals surface area contributed by atoms with E-state index in [1.54, 1.807) is 6.21 Å². The van der Waals surface area contributed by atoms with E-state index in [0.29, 0.717) is 32.5 Å². The normalized spacial score (nSPS) is 22.2. The number of hydrogen-bond acceptors (Lipinski definition) is 5. The monoisotopic (exact) mass is 445 g/mol. The van der Waals surface area contributed by atoms with E-state index >= 15 is 0 Å². The first-order valence-electron chi connectivity index (χ1n) is 11.7. The minimum absolute atomic E-state index is 0.0230. The summed E-state index contributed by atoms with van der Waals surface area (Å²) < 4.78 is 0. The zero-order chi connectivity index (χ0) is 23.2. The third kappa shape index (κ3) is 5.82. The highest BCUT2D eigenvalue weighted by Crippen LogP contribution is 2.31. The van der Waals surface area contributed by atoms with Crippen LogP contribution in [0.2, 0.25) is 0 Å². The summed E-state index contributed by atoms with van der Waals surface area (Å²) in [5.41, 5.74) is 2.95. The summed E-state index contributed by atoms with van der Waals surface area (Å²) in [7, 11) is 0. The van der Waals surface area contributed by atoms with Gasteiger partial charge in [0.15, 0.2) is 0 Å². The Morgan fingerprint density at radius 3 is 2.21 bits per heavy atom. The molecule has 2 fully saturated rings. The smallest absolute Gasteiger partial charge is 0.253 e. The van der Waals surface area contributed by atoms with Gasteiger partial charge in [-0.2, -0.15) is 0 Å². The molecular weight excluding hydrogens is 414 g/mol. The highest BCUT2D eigenvalue weighted by Gasteiger charge is 2.34. The van der Waals surface area contributed by atoms with Crippen LogP contribution in [0.5, 0.6) is 0 Å². The highest BCUT2D eigenvalue weighted by molar-refractivity contribution is 6.16. The molecule has 0 spiro atoms. The average molecular weight is 446 g/mol. The number of piperazine rings is 1. The maximum atomic E-state index is 12.6. The molecule has 1 saturated heterocycles. The van der Waals surface area contributed by atoms with Crippen molar-refractivity contribution in [2.45, 2.75) is 25.7 Å². The predicted molar refractivity (Wildman–Crippen MR) is 129 cm³/mol. The standard InChI is InChI=1S/C27H31N3O3/c1-20-7-9-21(10-8-20)23-17-25(31)24(26(32)18-23)19-28-11-12-29-13-15-30(16-14-29)27(33)22-5-3-2-4-6-22/h2-10,19,23-24H,11-18H2,1H3. The number of carbonyl (C=O) groups is 3. The van der Waals surface area contributed by atoms with Gasteiger partial charge >= 0.3 is 0 Å². The molecule has 2 aromatic rings. The SMILES string of the molecule is Cc1ccc(C2CC(=O)C(C=NCCN3CCN(C(=O)c4ccccc4)CC3)C(=O)C2)cc1. The van der Waals surface area contributed by atoms with Gasteiger partial charge in [-0.1, -0.05) is 48.0 Å². The van der Waals surface area contributed by atoms with Gasteiger partial charge in [0.05, 0.1) is 6.54 Å². The zero-order valence-corrected chi connectivity index (χ0v) is 19.2. The molecule has 0 atom stereocenters. The minimum Gasteiger partial charge on any atom is -0.336 e. The van der Waals surface area contributed by atoms with Crippen molar-refractivity contribution < 1.29 is 14.4 Å². The summed E-state index contributed by atoms with van der Waals surface area (Å²) in [6, 6.07) is 17.4. The fourth-order valence-electron chi connectivity index (χ4n) is 4.55. The van der Waals surface area contributed by atoms with E-state index in [2.05, 4.69) is 9.89 Å². The van der Waals surface area contributed by atoms with Crippen molar-refractivity contribution in [3.63, 3.8) is 0 Å². The zero-order valence-electron chi connectivity index (χ0n) is 19.2. The largest absolute Gasteiger partial charge is 0.336 e. The van der Waals surface area contributed by atoms with Gasteiger partial charge < -0.3 is 4.90 Å². The molecule has 0 aromatic heterocycles. The first-order chi connectivity index (χ1) is 16.0. The van der Waals surface area contributed by atoms with Crippen LogP contribution in [0.1, 0.15) is 40.2 Å². The summed E-state index contributed by atoms with van der Waals surface area (Å²) >= 11 is 0. The molecule has 2 aromatic carbocycles. The van der Waals surface area contributed by atoms with Crippen LogP contribution >= 0.6 is 0 Å². The molecule has 1 amide bonds. The minimum atomic E-state index is -0.702. The molecule has 2 aliphatic rings. The molecule has 33 heavy (non-hydrogen) atoms. The predicted octanol–water partition coefficient (Wildman–Crippen LogP) is 3.16. The number of benzene rings is 2. The van der Waals surface area contributed by atoms with Gasteiger partial charge in [-0.25, -0.2) is 0 Å². The van der Waals surface area contributed by atoms with Gasteiger partial charge in [-0.3, -0.25) is 24.3 Å². The summed E-state index contributed by atoms with van der Waals surface area (Å²) in [6.45, 7) is 6.31. The molecule has 6 heteroatoms. The third-order valence-electron chi connectivity index (χ3n) is 6.62. The summed E-state index contributed by atoms with van der Waals surface area (Å²) in [5.74, 6) is -0.717. The second-order valence-electron chi connectivity index (χ2n) is 8.98. The molecule has 1 saturated carbocycles. The lowest BCUT2D eigenvalue weighted by Crippen LogP contribution is -2.49. The lowest BCUT2D eigenvalue weighted by atomic mass is 9.77. The van der Waals surface area contributed by atoms with E-state index in [1.165, 1.54) is 5.56 Å². The molecule has 1 heterocycles. The van der Waals surface area contributed by atoms with Gasteiger partial charge in [0.25, 0.3) is 5.91 Å². The fourth-order valence-corrected chi connectivity index (χ4v) is 4.55. The second kappa shape index (κ2) is 10.7. The molecule has 0 N–H and O–H groups in total.